The van der Waals surface area contributed by atoms with Crippen LogP contribution in [0.5, 0.6) is 0 Å². The minimum atomic E-state index is -3.42. The van der Waals surface area contributed by atoms with Crippen molar-refractivity contribution < 1.29 is 8.42 Å². The highest BCUT2D eigenvalue weighted by Gasteiger charge is 2.16. The molecule has 0 heterocycles. The van der Waals surface area contributed by atoms with Crippen molar-refractivity contribution in [3.63, 3.8) is 0 Å². The van der Waals surface area contributed by atoms with E-state index in [0.29, 0.717) is 17.4 Å². The van der Waals surface area contributed by atoms with Crippen molar-refractivity contribution in [2.24, 2.45) is 5.92 Å². The molecule has 0 aliphatic carbocycles. The monoisotopic (exact) mass is 298 g/mol. The van der Waals surface area contributed by atoms with Gasteiger partial charge in [-0.3, -0.25) is 0 Å². The normalized spacial score (nSPS) is 15.0. The largest absolute Gasteiger partial charge is 0.313 e. The minimum Gasteiger partial charge on any atom is -0.313 e. The molecule has 0 aromatic heterocycles. The summed E-state index contributed by atoms with van der Waals surface area (Å²) in [6.07, 6.45) is 1.88. The van der Waals surface area contributed by atoms with Crippen molar-refractivity contribution in [2.75, 3.05) is 13.6 Å². The quantitative estimate of drug-likeness (QED) is 0.776. The lowest BCUT2D eigenvalue weighted by Gasteiger charge is -2.16. The lowest BCUT2D eigenvalue weighted by molar-refractivity contribution is 0.528. The van der Waals surface area contributed by atoms with E-state index in [1.54, 1.807) is 18.2 Å². The van der Waals surface area contributed by atoms with Crippen LogP contribution >= 0.6 is 0 Å². The molecule has 0 aliphatic heterocycles. The maximum absolute atomic E-state index is 12.3. The summed E-state index contributed by atoms with van der Waals surface area (Å²) in [6.45, 7) is 6.64. The number of rotatable bonds is 8. The molecule has 114 valence electrons. The Morgan fingerprint density at radius 2 is 1.90 bits per heavy atom. The topological polar surface area (TPSA) is 58.2 Å². The SMILES string of the molecule is CCC(C)CNS(=O)(=O)c1cccc(C(CC)NC)c1. The Morgan fingerprint density at radius 1 is 1.20 bits per heavy atom. The second kappa shape index (κ2) is 7.76. The van der Waals surface area contributed by atoms with Gasteiger partial charge in [0.15, 0.2) is 0 Å². The molecule has 0 radical (unpaired) electrons. The van der Waals surface area contributed by atoms with Crippen LogP contribution in [0.15, 0.2) is 29.2 Å². The highest BCUT2D eigenvalue weighted by atomic mass is 32.2. The second-order valence-corrected chi connectivity index (χ2v) is 6.95. The van der Waals surface area contributed by atoms with Gasteiger partial charge in [0, 0.05) is 12.6 Å². The first-order valence-electron chi connectivity index (χ1n) is 7.21. The summed E-state index contributed by atoms with van der Waals surface area (Å²) in [5.41, 5.74) is 1.00. The molecule has 1 aromatic rings. The highest BCUT2D eigenvalue weighted by Crippen LogP contribution is 2.19. The fourth-order valence-corrected chi connectivity index (χ4v) is 3.20. The molecule has 0 saturated carbocycles. The first kappa shape index (κ1) is 17.1. The molecule has 0 saturated heterocycles. The van der Waals surface area contributed by atoms with E-state index in [4.69, 9.17) is 0 Å². The average molecular weight is 298 g/mol. The molecule has 2 unspecified atom stereocenters. The highest BCUT2D eigenvalue weighted by molar-refractivity contribution is 7.89. The van der Waals surface area contributed by atoms with Crippen molar-refractivity contribution in [2.45, 2.75) is 44.6 Å². The standard InChI is InChI=1S/C15H26N2O2S/c1-5-12(3)11-17-20(18,19)14-9-7-8-13(10-14)15(6-2)16-4/h7-10,12,15-17H,5-6,11H2,1-4H3. The molecule has 0 spiro atoms. The van der Waals surface area contributed by atoms with Gasteiger partial charge in [-0.2, -0.15) is 0 Å². The first-order valence-corrected chi connectivity index (χ1v) is 8.69. The van der Waals surface area contributed by atoms with Gasteiger partial charge < -0.3 is 5.32 Å². The van der Waals surface area contributed by atoms with E-state index in [-0.39, 0.29) is 6.04 Å². The van der Waals surface area contributed by atoms with Crippen molar-refractivity contribution in [3.8, 4) is 0 Å². The van der Waals surface area contributed by atoms with Crippen LogP contribution in [0.2, 0.25) is 0 Å². The van der Waals surface area contributed by atoms with Crippen molar-refractivity contribution in [1.29, 1.82) is 0 Å². The Kier molecular flexibility index (Phi) is 6.65. The van der Waals surface area contributed by atoms with Gasteiger partial charge in [-0.15, -0.1) is 0 Å². The molecule has 1 rings (SSSR count). The summed E-state index contributed by atoms with van der Waals surface area (Å²) in [5.74, 6) is 0.341. The van der Waals surface area contributed by atoms with Crippen LogP contribution in [-0.2, 0) is 10.0 Å². The van der Waals surface area contributed by atoms with Gasteiger partial charge in [0.2, 0.25) is 10.0 Å². The molecule has 4 nitrogen and oxygen atoms in total. The van der Waals surface area contributed by atoms with E-state index < -0.39 is 10.0 Å². The summed E-state index contributed by atoms with van der Waals surface area (Å²) in [5, 5.41) is 3.19. The van der Waals surface area contributed by atoms with Crippen LogP contribution in [0.4, 0.5) is 0 Å². The zero-order valence-electron chi connectivity index (χ0n) is 12.8. The Balaban J connectivity index is 2.93. The Hall–Kier alpha value is -0.910. The van der Waals surface area contributed by atoms with Gasteiger partial charge in [-0.25, -0.2) is 13.1 Å². The van der Waals surface area contributed by atoms with Crippen molar-refractivity contribution in [3.05, 3.63) is 29.8 Å². The van der Waals surface area contributed by atoms with Crippen LogP contribution in [0.3, 0.4) is 0 Å². The second-order valence-electron chi connectivity index (χ2n) is 5.19. The third kappa shape index (κ3) is 4.58. The summed E-state index contributed by atoms with van der Waals surface area (Å²) < 4.78 is 27.2. The van der Waals surface area contributed by atoms with Gasteiger partial charge >= 0.3 is 0 Å². The third-order valence-corrected chi connectivity index (χ3v) is 5.07. The molecule has 0 bridgehead atoms. The molecule has 1 aromatic carbocycles. The third-order valence-electron chi connectivity index (χ3n) is 3.65. The van der Waals surface area contributed by atoms with Crippen LogP contribution in [-0.4, -0.2) is 22.0 Å². The molecule has 0 fully saturated rings. The van der Waals surface area contributed by atoms with Crippen molar-refractivity contribution >= 4 is 10.0 Å². The van der Waals surface area contributed by atoms with Gasteiger partial charge in [0.05, 0.1) is 4.90 Å². The molecule has 2 atom stereocenters. The maximum Gasteiger partial charge on any atom is 0.240 e. The fourth-order valence-electron chi connectivity index (χ4n) is 1.98. The Morgan fingerprint density at radius 3 is 2.45 bits per heavy atom. The molecule has 2 N–H and O–H groups in total. The first-order chi connectivity index (χ1) is 9.44. The van der Waals surface area contributed by atoms with Gasteiger partial charge in [-0.1, -0.05) is 39.3 Å². The average Bonchev–Trinajstić information content (AvgIpc) is 2.46. The van der Waals surface area contributed by atoms with Gasteiger partial charge in [-0.05, 0) is 37.1 Å². The summed E-state index contributed by atoms with van der Waals surface area (Å²) >= 11 is 0. The number of hydrogen-bond acceptors (Lipinski definition) is 3. The predicted molar refractivity (Wildman–Crippen MR) is 83.2 cm³/mol. The molecule has 0 amide bonds. The molecule has 0 aliphatic rings. The van der Waals surface area contributed by atoms with Crippen LogP contribution < -0.4 is 10.0 Å². The molecular formula is C15H26N2O2S. The van der Waals surface area contributed by atoms with E-state index in [1.165, 1.54) is 0 Å². The molecule has 5 heteroatoms. The van der Waals surface area contributed by atoms with E-state index >= 15 is 0 Å². The van der Waals surface area contributed by atoms with E-state index in [0.717, 1.165) is 18.4 Å². The number of nitrogens with one attached hydrogen (secondary N) is 2. The van der Waals surface area contributed by atoms with Gasteiger partial charge in [0.25, 0.3) is 0 Å². The zero-order chi connectivity index (χ0) is 15.2. The lowest BCUT2D eigenvalue weighted by atomic mass is 10.1. The molecular weight excluding hydrogens is 272 g/mol. The van der Waals surface area contributed by atoms with E-state index in [2.05, 4.69) is 23.9 Å². The maximum atomic E-state index is 12.3. The number of hydrogen-bond donors (Lipinski definition) is 2. The van der Waals surface area contributed by atoms with Crippen LogP contribution in [0.1, 0.15) is 45.2 Å². The van der Waals surface area contributed by atoms with Crippen molar-refractivity contribution in [1.82, 2.24) is 10.0 Å². The minimum absolute atomic E-state index is 0.180. The summed E-state index contributed by atoms with van der Waals surface area (Å²) in [7, 11) is -1.53. The fraction of sp³-hybridized carbons (Fsp3) is 0.600. The van der Waals surface area contributed by atoms with Crippen LogP contribution in [0, 0.1) is 5.92 Å². The summed E-state index contributed by atoms with van der Waals surface area (Å²) in [4.78, 5) is 0.340. The zero-order valence-corrected chi connectivity index (χ0v) is 13.6. The Labute approximate surface area is 123 Å². The van der Waals surface area contributed by atoms with E-state index in [9.17, 15) is 8.42 Å². The summed E-state index contributed by atoms with van der Waals surface area (Å²) in [6, 6.07) is 7.33. The lowest BCUT2D eigenvalue weighted by Crippen LogP contribution is -2.28. The molecule has 20 heavy (non-hydrogen) atoms. The number of sulfonamides is 1. The Bertz CT molecular complexity index is 510. The smallest absolute Gasteiger partial charge is 0.240 e. The van der Waals surface area contributed by atoms with Gasteiger partial charge in [0.1, 0.15) is 0 Å². The predicted octanol–water partition coefficient (Wildman–Crippen LogP) is 2.68. The van der Waals surface area contributed by atoms with Crippen LogP contribution in [0.25, 0.3) is 0 Å². The van der Waals surface area contributed by atoms with E-state index in [1.807, 2.05) is 20.0 Å². The number of benzene rings is 1.